The van der Waals surface area contributed by atoms with Gasteiger partial charge in [-0.15, -0.1) is 0 Å². The average molecular weight is 287 g/mol. The van der Waals surface area contributed by atoms with Gasteiger partial charge in [-0.3, -0.25) is 10.1 Å². The van der Waals surface area contributed by atoms with Crippen LogP contribution in [0.3, 0.4) is 0 Å². The minimum absolute atomic E-state index is 0.123. The number of nitrogens with zero attached hydrogens (tertiary/aromatic N) is 1. The van der Waals surface area contributed by atoms with Crippen LogP contribution in [0.4, 0.5) is 4.39 Å². The van der Waals surface area contributed by atoms with Gasteiger partial charge in [0.1, 0.15) is 11.9 Å². The third-order valence-electron chi connectivity index (χ3n) is 1.86. The Balaban J connectivity index is 2.91. The van der Waals surface area contributed by atoms with Gasteiger partial charge in [-0.05, 0) is 18.2 Å². The number of hydrogen-bond acceptors (Lipinski definition) is 3. The molecule has 1 atom stereocenters. The molecule has 84 valence electrons. The summed E-state index contributed by atoms with van der Waals surface area (Å²) in [5.41, 5.74) is 0.123. The zero-order valence-corrected chi connectivity index (χ0v) is 9.66. The molecule has 0 saturated carbocycles. The van der Waals surface area contributed by atoms with Crippen molar-refractivity contribution in [3.05, 3.63) is 34.1 Å². The van der Waals surface area contributed by atoms with Crippen LogP contribution in [0.5, 0.6) is 0 Å². The van der Waals surface area contributed by atoms with Crippen LogP contribution in [0, 0.1) is 17.1 Å². The summed E-state index contributed by atoms with van der Waals surface area (Å²) in [5, 5.41) is 19.7. The lowest BCUT2D eigenvalue weighted by molar-refractivity contribution is -0.136. The fourth-order valence-electron chi connectivity index (χ4n) is 1.15. The van der Waals surface area contributed by atoms with E-state index in [0.717, 1.165) is 0 Å². The highest BCUT2D eigenvalue weighted by atomic mass is 79.9. The molecule has 6 heteroatoms. The van der Waals surface area contributed by atoms with Crippen LogP contribution in [-0.4, -0.2) is 17.6 Å². The van der Waals surface area contributed by atoms with Crippen molar-refractivity contribution in [2.75, 3.05) is 6.54 Å². The lowest BCUT2D eigenvalue weighted by atomic mass is 10.1. The van der Waals surface area contributed by atoms with E-state index in [0.29, 0.717) is 4.47 Å². The van der Waals surface area contributed by atoms with Crippen molar-refractivity contribution in [2.24, 2.45) is 0 Å². The van der Waals surface area contributed by atoms with Gasteiger partial charge >= 0.3 is 5.97 Å². The normalized spacial score (nSPS) is 11.8. The second-order valence-corrected chi connectivity index (χ2v) is 3.92. The van der Waals surface area contributed by atoms with E-state index in [1.165, 1.54) is 18.2 Å². The third-order valence-corrected chi connectivity index (χ3v) is 2.35. The zero-order chi connectivity index (χ0) is 12.1. The molecule has 1 rings (SSSR count). The molecule has 16 heavy (non-hydrogen) atoms. The molecule has 0 fully saturated rings. The molecule has 0 aromatic heterocycles. The van der Waals surface area contributed by atoms with E-state index in [1.807, 2.05) is 0 Å². The van der Waals surface area contributed by atoms with Crippen LogP contribution in [0.25, 0.3) is 0 Å². The van der Waals surface area contributed by atoms with E-state index in [-0.39, 0.29) is 5.56 Å². The first-order chi connectivity index (χ1) is 7.54. The molecule has 4 nitrogen and oxygen atoms in total. The summed E-state index contributed by atoms with van der Waals surface area (Å²) in [6, 6.07) is 4.99. The molecule has 1 aromatic carbocycles. The van der Waals surface area contributed by atoms with Crippen LogP contribution < -0.4 is 5.32 Å². The second kappa shape index (κ2) is 5.58. The minimum Gasteiger partial charge on any atom is -0.480 e. The van der Waals surface area contributed by atoms with Crippen molar-refractivity contribution in [3.8, 4) is 6.07 Å². The van der Waals surface area contributed by atoms with E-state index in [1.54, 1.807) is 6.07 Å². The highest BCUT2D eigenvalue weighted by Gasteiger charge is 2.15. The summed E-state index contributed by atoms with van der Waals surface area (Å²) in [7, 11) is 0. The number of benzene rings is 1. The summed E-state index contributed by atoms with van der Waals surface area (Å²) in [5.74, 6) is -1.65. The van der Waals surface area contributed by atoms with Crippen molar-refractivity contribution in [2.45, 2.75) is 6.04 Å². The van der Waals surface area contributed by atoms with E-state index in [2.05, 4.69) is 21.2 Å². The summed E-state index contributed by atoms with van der Waals surface area (Å²) in [6.45, 7) is -0.399. The standard InChI is InChI=1S/C10H8BrFN2O2/c11-6-1-2-8(12)7(3-6)9(4-13)14-5-10(15)16/h1-3,9,14H,5H2,(H,15,16). The molecule has 0 bridgehead atoms. The average Bonchev–Trinajstić information content (AvgIpc) is 2.23. The molecule has 2 N–H and O–H groups in total. The Hall–Kier alpha value is -1.45. The van der Waals surface area contributed by atoms with Crippen molar-refractivity contribution >= 4 is 21.9 Å². The first-order valence-corrected chi connectivity index (χ1v) is 5.13. The number of nitrogens with one attached hydrogen (secondary N) is 1. The molecule has 0 aliphatic carbocycles. The quantitative estimate of drug-likeness (QED) is 0.886. The summed E-state index contributed by atoms with van der Waals surface area (Å²) in [4.78, 5) is 10.3. The van der Waals surface area contributed by atoms with Gasteiger partial charge in [0.15, 0.2) is 0 Å². The maximum absolute atomic E-state index is 13.4. The van der Waals surface area contributed by atoms with Crippen molar-refractivity contribution in [1.29, 1.82) is 5.26 Å². The molecule has 0 aliphatic rings. The Morgan fingerprint density at radius 3 is 2.94 bits per heavy atom. The lowest BCUT2D eigenvalue weighted by Gasteiger charge is -2.11. The van der Waals surface area contributed by atoms with Gasteiger partial charge in [-0.1, -0.05) is 15.9 Å². The summed E-state index contributed by atoms with van der Waals surface area (Å²) in [6.07, 6.45) is 0. The van der Waals surface area contributed by atoms with Gasteiger partial charge in [-0.2, -0.15) is 5.26 Å². The van der Waals surface area contributed by atoms with Gasteiger partial charge < -0.3 is 5.11 Å². The van der Waals surface area contributed by atoms with Crippen LogP contribution in [0.2, 0.25) is 0 Å². The van der Waals surface area contributed by atoms with Gasteiger partial charge in [0, 0.05) is 10.0 Å². The molecule has 0 spiro atoms. The Kier molecular flexibility index (Phi) is 4.40. The van der Waals surface area contributed by atoms with E-state index < -0.39 is 24.4 Å². The zero-order valence-electron chi connectivity index (χ0n) is 8.08. The monoisotopic (exact) mass is 286 g/mol. The number of nitriles is 1. The van der Waals surface area contributed by atoms with Gasteiger partial charge in [0.25, 0.3) is 0 Å². The number of aliphatic carboxylic acids is 1. The van der Waals surface area contributed by atoms with Crippen LogP contribution in [-0.2, 0) is 4.79 Å². The second-order valence-electron chi connectivity index (χ2n) is 3.00. The first-order valence-electron chi connectivity index (χ1n) is 4.34. The van der Waals surface area contributed by atoms with Gasteiger partial charge in [0.2, 0.25) is 0 Å². The van der Waals surface area contributed by atoms with Gasteiger partial charge in [-0.25, -0.2) is 4.39 Å². The number of rotatable bonds is 4. The Labute approximate surface area is 99.8 Å². The van der Waals surface area contributed by atoms with Crippen LogP contribution in [0.15, 0.2) is 22.7 Å². The highest BCUT2D eigenvalue weighted by Crippen LogP contribution is 2.21. The van der Waals surface area contributed by atoms with E-state index >= 15 is 0 Å². The SMILES string of the molecule is N#CC(NCC(=O)O)c1cc(Br)ccc1F. The Morgan fingerprint density at radius 2 is 2.38 bits per heavy atom. The minimum atomic E-state index is -1.10. The summed E-state index contributed by atoms with van der Waals surface area (Å²) < 4.78 is 14.0. The molecule has 0 heterocycles. The molecule has 0 amide bonds. The maximum Gasteiger partial charge on any atom is 0.317 e. The molecule has 0 aliphatic heterocycles. The number of halogens is 2. The molecular weight excluding hydrogens is 279 g/mol. The fourth-order valence-corrected chi connectivity index (χ4v) is 1.53. The number of hydrogen-bond donors (Lipinski definition) is 2. The van der Waals surface area contributed by atoms with Crippen molar-refractivity contribution < 1.29 is 14.3 Å². The first kappa shape index (κ1) is 12.6. The Morgan fingerprint density at radius 1 is 1.69 bits per heavy atom. The smallest absolute Gasteiger partial charge is 0.317 e. The molecule has 0 radical (unpaired) electrons. The molecule has 1 unspecified atom stereocenters. The van der Waals surface area contributed by atoms with E-state index in [9.17, 15) is 9.18 Å². The van der Waals surface area contributed by atoms with E-state index in [4.69, 9.17) is 10.4 Å². The molecular formula is C10H8BrFN2O2. The Bertz CT molecular complexity index is 445. The van der Waals surface area contributed by atoms with Crippen molar-refractivity contribution in [3.63, 3.8) is 0 Å². The largest absolute Gasteiger partial charge is 0.480 e. The summed E-state index contributed by atoms with van der Waals surface area (Å²) >= 11 is 3.15. The number of carbonyl (C=O) groups is 1. The number of carboxylic acids is 1. The number of carboxylic acid groups (broad SMARTS) is 1. The van der Waals surface area contributed by atoms with Crippen LogP contribution >= 0.6 is 15.9 Å². The predicted octanol–water partition coefficient (Wildman–Crippen LogP) is 1.83. The third kappa shape index (κ3) is 3.29. The fraction of sp³-hybridized carbons (Fsp3) is 0.200. The lowest BCUT2D eigenvalue weighted by Crippen LogP contribution is -2.27. The van der Waals surface area contributed by atoms with Crippen molar-refractivity contribution in [1.82, 2.24) is 5.32 Å². The predicted molar refractivity (Wildman–Crippen MR) is 58.1 cm³/mol. The van der Waals surface area contributed by atoms with Gasteiger partial charge in [0.05, 0.1) is 12.6 Å². The van der Waals surface area contributed by atoms with Crippen LogP contribution in [0.1, 0.15) is 11.6 Å². The highest BCUT2D eigenvalue weighted by molar-refractivity contribution is 9.10. The molecule has 0 saturated heterocycles. The molecule has 1 aromatic rings. The maximum atomic E-state index is 13.4. The topological polar surface area (TPSA) is 73.1 Å².